The van der Waals surface area contributed by atoms with Gasteiger partial charge in [-0.25, -0.2) is 21.8 Å². The van der Waals surface area contributed by atoms with Gasteiger partial charge in [-0.05, 0) is 58.7 Å². The molecule has 0 aliphatic carbocycles. The summed E-state index contributed by atoms with van der Waals surface area (Å²) in [5.41, 5.74) is -9.53. The zero-order chi connectivity index (χ0) is 52.8. The summed E-state index contributed by atoms with van der Waals surface area (Å²) in [4.78, 5) is 87.7. The van der Waals surface area contributed by atoms with Crippen molar-refractivity contribution in [2.75, 3.05) is 32.6 Å². The molecular formula is C43H32F5N4O17PS2. The molecule has 21 nitrogen and oxygen atoms in total. The fraction of sp³-hybridized carbons (Fsp3) is 0.233. The first-order valence-corrected chi connectivity index (χ1v) is 24.4. The predicted octanol–water partition coefficient (Wildman–Crippen LogP) is 4.66. The third kappa shape index (κ3) is 10.5. The summed E-state index contributed by atoms with van der Waals surface area (Å²) in [6.45, 7) is -1.18. The summed E-state index contributed by atoms with van der Waals surface area (Å²) in [6.07, 6.45) is -11.2. The van der Waals surface area contributed by atoms with Crippen molar-refractivity contribution < 1.29 is 103 Å². The lowest BCUT2D eigenvalue weighted by molar-refractivity contribution is -0.138. The fourth-order valence-electron chi connectivity index (χ4n) is 8.04. The molecule has 5 aromatic rings. The van der Waals surface area contributed by atoms with Gasteiger partial charge in [-0.15, -0.1) is 11.3 Å². The van der Waals surface area contributed by atoms with Crippen molar-refractivity contribution in [3.05, 3.63) is 92.5 Å². The molecule has 2 aliphatic heterocycles. The number of carbonyl (C=O) groups is 6. The smallest absolute Gasteiger partial charge is 0.417 e. The maximum Gasteiger partial charge on any atom is 0.417 e. The molecule has 378 valence electrons. The van der Waals surface area contributed by atoms with Crippen molar-refractivity contribution in [1.29, 1.82) is 5.26 Å². The van der Waals surface area contributed by atoms with Crippen LogP contribution in [-0.4, -0.2) is 102 Å². The molecule has 72 heavy (non-hydrogen) atoms. The van der Waals surface area contributed by atoms with Crippen LogP contribution >= 0.6 is 18.9 Å². The Morgan fingerprint density at radius 3 is 1.69 bits per heavy atom. The highest BCUT2D eigenvalue weighted by atomic mass is 32.2. The molecule has 29 heteroatoms. The number of ether oxygens (including phenoxy) is 2. The number of amides is 2. The molecule has 1 aromatic heterocycles. The monoisotopic (exact) mass is 1070 g/mol. The van der Waals surface area contributed by atoms with Gasteiger partial charge in [-0.3, -0.25) is 28.8 Å². The van der Waals surface area contributed by atoms with E-state index in [-0.39, 0.29) is 43.7 Å². The van der Waals surface area contributed by atoms with E-state index in [0.29, 0.717) is 18.2 Å². The van der Waals surface area contributed by atoms with Crippen LogP contribution in [0.15, 0.2) is 40.6 Å². The topological polar surface area (TPSA) is 342 Å². The van der Waals surface area contributed by atoms with Crippen molar-refractivity contribution in [2.45, 2.75) is 36.1 Å². The van der Waals surface area contributed by atoms with E-state index in [1.165, 1.54) is 6.07 Å². The number of nitrogens with one attached hydrogen (secondary N) is 3. The Morgan fingerprint density at radius 2 is 1.24 bits per heavy atom. The zero-order valence-electron chi connectivity index (χ0n) is 36.1. The SMILES string of the molecule is N#Cc1ccc(OP(=O)(O)CNS(=O)(=O)c2cc3c(F)c(-c4cc5c(CC(=O)O)c(c4CC(=O)O)C(=O)NCCO5)c(-c4cc5c(CC(=O)O)c(c4CC(=O)O)C(=O)NCCO5)c(F)c3s2)cc1C(F)(F)F. The minimum atomic E-state index is -5.32. The van der Waals surface area contributed by atoms with E-state index < -0.39 is 201 Å². The van der Waals surface area contributed by atoms with Gasteiger partial charge in [0.1, 0.15) is 52.6 Å². The molecular weight excluding hydrogens is 1030 g/mol. The number of benzene rings is 4. The average Bonchev–Trinajstić information content (AvgIpc) is 3.75. The number of carboxylic acids is 4. The molecule has 4 bridgehead atoms. The fourth-order valence-corrected chi connectivity index (χ4v) is 12.0. The van der Waals surface area contributed by atoms with Crippen molar-refractivity contribution in [3.8, 4) is 45.6 Å². The van der Waals surface area contributed by atoms with E-state index >= 15 is 8.78 Å². The van der Waals surface area contributed by atoms with Crippen LogP contribution in [0, 0.1) is 23.0 Å². The maximum atomic E-state index is 18.1. The number of hydrogen-bond acceptors (Lipinski definition) is 14. The third-order valence-electron chi connectivity index (χ3n) is 10.8. The molecule has 4 aromatic carbocycles. The van der Waals surface area contributed by atoms with E-state index in [1.807, 2.05) is 0 Å². The van der Waals surface area contributed by atoms with Crippen LogP contribution in [0.3, 0.4) is 0 Å². The van der Waals surface area contributed by atoms with Gasteiger partial charge in [-0.2, -0.15) is 23.2 Å². The zero-order valence-corrected chi connectivity index (χ0v) is 38.6. The van der Waals surface area contributed by atoms with Crippen LogP contribution in [0.25, 0.3) is 32.3 Å². The number of carbonyl (C=O) groups excluding carboxylic acids is 2. The Kier molecular flexibility index (Phi) is 14.4. The van der Waals surface area contributed by atoms with E-state index in [1.54, 1.807) is 4.72 Å². The number of alkyl halides is 3. The number of rotatable bonds is 16. The molecule has 0 fully saturated rings. The number of hydrogen-bond donors (Lipinski definition) is 8. The minimum absolute atomic E-state index is 0.0449. The van der Waals surface area contributed by atoms with Crippen LogP contribution in [0.1, 0.15) is 54.1 Å². The van der Waals surface area contributed by atoms with E-state index in [2.05, 4.69) is 10.6 Å². The highest BCUT2D eigenvalue weighted by Gasteiger charge is 2.38. The standard InChI is InChI=1S/C43H32F5N4O17PS2/c44-38-25-14-33(72(65,66)52-16-70(63,64)69-18-2-1-17(15-49)26(7-18)43(46,47)48)71-40(25)39(45)37(20-9-28-24(13-32(59)60)35(22(20)11-30(55)56)42(62)51-4-6-68-28)36(38)19-8-27-23(12-31(57)58)34(21(19)10-29(53)54)41(61)50-3-5-67-27/h1-2,7-9,14,52H,3-6,10-13,16H2,(H,50,61)(H,51,62)(H,53,54)(H,55,56)(H,57,58)(H,59,60)(H,63,64). The van der Waals surface area contributed by atoms with Crippen molar-refractivity contribution in [2.24, 2.45) is 0 Å². The molecule has 3 heterocycles. The van der Waals surface area contributed by atoms with Crippen molar-refractivity contribution in [3.63, 3.8) is 0 Å². The van der Waals surface area contributed by atoms with Gasteiger partial charge in [0.2, 0.25) is 0 Å². The Balaban J connectivity index is 1.53. The van der Waals surface area contributed by atoms with E-state index in [0.717, 1.165) is 12.1 Å². The normalized spacial score (nSPS) is 14.5. The van der Waals surface area contributed by atoms with Crippen molar-refractivity contribution in [1.82, 2.24) is 15.4 Å². The summed E-state index contributed by atoms with van der Waals surface area (Å²) in [5.74, 6) is -13.9. The Morgan fingerprint density at radius 1 is 0.764 bits per heavy atom. The number of carboxylic acid groups (broad SMARTS) is 4. The first kappa shape index (κ1) is 52.1. The third-order valence-corrected chi connectivity index (χ3v) is 15.1. The summed E-state index contributed by atoms with van der Waals surface area (Å²) < 4.78 is 134. The molecule has 2 amide bonds. The van der Waals surface area contributed by atoms with Gasteiger partial charge in [0.05, 0.1) is 71.8 Å². The highest BCUT2D eigenvalue weighted by Crippen LogP contribution is 2.51. The van der Waals surface area contributed by atoms with Gasteiger partial charge < -0.3 is 50.0 Å². The predicted molar refractivity (Wildman–Crippen MR) is 235 cm³/mol. The second kappa shape index (κ2) is 19.8. The molecule has 7 rings (SSSR count). The maximum absolute atomic E-state index is 18.1. The van der Waals surface area contributed by atoms with Crippen LogP contribution in [0.4, 0.5) is 22.0 Å². The lowest BCUT2D eigenvalue weighted by atomic mass is 9.81. The molecule has 1 atom stereocenters. The number of halogens is 5. The van der Waals surface area contributed by atoms with Gasteiger partial charge in [-0.1, -0.05) is 0 Å². The molecule has 0 saturated heterocycles. The molecule has 0 saturated carbocycles. The summed E-state index contributed by atoms with van der Waals surface area (Å²) in [6, 6.07) is 5.10. The number of thiophene rings is 1. The number of nitriles is 1. The average molecular weight is 1070 g/mol. The van der Waals surface area contributed by atoms with Crippen LogP contribution < -0.4 is 29.4 Å². The first-order valence-electron chi connectivity index (χ1n) is 20.4. The Hall–Kier alpha value is -7.70. The summed E-state index contributed by atoms with van der Waals surface area (Å²) in [7, 11) is -10.5. The minimum Gasteiger partial charge on any atom is -0.491 e. The number of nitrogens with zero attached hydrogens (tertiary/aromatic N) is 1. The lowest BCUT2D eigenvalue weighted by Crippen LogP contribution is -2.33. The molecule has 8 N–H and O–H groups in total. The second-order valence-electron chi connectivity index (χ2n) is 15.5. The lowest BCUT2D eigenvalue weighted by Gasteiger charge is -2.27. The summed E-state index contributed by atoms with van der Waals surface area (Å²) >= 11 is -0.0449. The largest absolute Gasteiger partial charge is 0.491 e. The quantitative estimate of drug-likeness (QED) is 0.0492. The van der Waals surface area contributed by atoms with Gasteiger partial charge >= 0.3 is 37.6 Å². The van der Waals surface area contributed by atoms with Crippen LogP contribution in [0.2, 0.25) is 0 Å². The van der Waals surface area contributed by atoms with Gasteiger partial charge in [0, 0.05) is 27.6 Å². The second-order valence-corrected chi connectivity index (χ2v) is 20.4. The van der Waals surface area contributed by atoms with E-state index in [4.69, 9.17) is 19.3 Å². The van der Waals surface area contributed by atoms with Gasteiger partial charge in [0.15, 0.2) is 0 Å². The molecule has 1 unspecified atom stereocenters. The molecule has 2 aliphatic rings. The number of sulfonamides is 1. The Labute approximate surface area is 403 Å². The van der Waals surface area contributed by atoms with Crippen LogP contribution in [0.5, 0.6) is 17.2 Å². The number of aliphatic carboxylic acids is 4. The molecule has 0 spiro atoms. The number of fused-ring (bicyclic) bond motifs is 5. The van der Waals surface area contributed by atoms with Gasteiger partial charge in [0.25, 0.3) is 21.8 Å². The van der Waals surface area contributed by atoms with Crippen molar-refractivity contribution >= 4 is 74.7 Å². The first-order chi connectivity index (χ1) is 33.7. The highest BCUT2D eigenvalue weighted by molar-refractivity contribution is 7.92. The van der Waals surface area contributed by atoms with Crippen LogP contribution in [-0.2, 0) is 65.6 Å². The Bertz CT molecular complexity index is 3260. The summed E-state index contributed by atoms with van der Waals surface area (Å²) in [5, 5.41) is 53.1. The molecule has 0 radical (unpaired) electrons. The van der Waals surface area contributed by atoms with E-state index in [9.17, 15) is 80.2 Å².